The number of halogens is 2. The highest BCUT2D eigenvalue weighted by Gasteiger charge is 2.12. The molecule has 0 unspecified atom stereocenters. The van der Waals surface area contributed by atoms with E-state index in [1.807, 2.05) is 0 Å². The van der Waals surface area contributed by atoms with Crippen molar-refractivity contribution in [3.05, 3.63) is 46.4 Å². The molecule has 0 bridgehead atoms. The highest BCUT2D eigenvalue weighted by Crippen LogP contribution is 2.40. The van der Waals surface area contributed by atoms with Gasteiger partial charge in [0.05, 0.1) is 7.11 Å². The van der Waals surface area contributed by atoms with Crippen molar-refractivity contribution in [3.63, 3.8) is 0 Å². The highest BCUT2D eigenvalue weighted by molar-refractivity contribution is 6.35. The maximum atomic E-state index is 10.0. The summed E-state index contributed by atoms with van der Waals surface area (Å²) in [4.78, 5) is 0. The fourth-order valence-corrected chi connectivity index (χ4v) is 2.00. The Bertz CT molecular complexity index is 553. The lowest BCUT2D eigenvalue weighted by Crippen LogP contribution is -1.87. The Hall–Kier alpha value is -1.38. The SMILES string of the molecule is COc1cccc(-c2cc(Cl)ccc2Cl)c1O. The van der Waals surface area contributed by atoms with Gasteiger partial charge in [-0.15, -0.1) is 0 Å². The van der Waals surface area contributed by atoms with Crippen LogP contribution >= 0.6 is 23.2 Å². The normalized spacial score (nSPS) is 10.3. The van der Waals surface area contributed by atoms with Crippen molar-refractivity contribution < 1.29 is 9.84 Å². The Kier molecular flexibility index (Phi) is 3.46. The van der Waals surface area contributed by atoms with Crippen LogP contribution in [0.5, 0.6) is 11.5 Å². The summed E-state index contributed by atoms with van der Waals surface area (Å²) in [6.45, 7) is 0. The van der Waals surface area contributed by atoms with Crippen molar-refractivity contribution >= 4 is 23.2 Å². The average molecular weight is 269 g/mol. The summed E-state index contributed by atoms with van der Waals surface area (Å²) in [5.74, 6) is 0.456. The van der Waals surface area contributed by atoms with Crippen LogP contribution in [0.2, 0.25) is 10.0 Å². The van der Waals surface area contributed by atoms with Gasteiger partial charge in [0.2, 0.25) is 0 Å². The van der Waals surface area contributed by atoms with Crippen molar-refractivity contribution in [3.8, 4) is 22.6 Å². The smallest absolute Gasteiger partial charge is 0.165 e. The monoisotopic (exact) mass is 268 g/mol. The van der Waals surface area contributed by atoms with Gasteiger partial charge in [-0.25, -0.2) is 0 Å². The first-order chi connectivity index (χ1) is 8.13. The average Bonchev–Trinajstić information content (AvgIpc) is 2.33. The Balaban J connectivity index is 2.64. The first kappa shape index (κ1) is 12.1. The van der Waals surface area contributed by atoms with E-state index >= 15 is 0 Å². The zero-order valence-corrected chi connectivity index (χ0v) is 10.6. The van der Waals surface area contributed by atoms with E-state index in [9.17, 15) is 5.11 Å². The molecule has 2 nitrogen and oxygen atoms in total. The number of hydrogen-bond acceptors (Lipinski definition) is 2. The van der Waals surface area contributed by atoms with E-state index in [1.54, 1.807) is 36.4 Å². The van der Waals surface area contributed by atoms with Gasteiger partial charge in [-0.3, -0.25) is 0 Å². The van der Waals surface area contributed by atoms with E-state index in [2.05, 4.69) is 0 Å². The van der Waals surface area contributed by atoms with Crippen molar-refractivity contribution in [1.82, 2.24) is 0 Å². The highest BCUT2D eigenvalue weighted by atomic mass is 35.5. The van der Waals surface area contributed by atoms with Crippen LogP contribution in [0.15, 0.2) is 36.4 Å². The molecule has 0 heterocycles. The number of phenols is 1. The summed E-state index contributed by atoms with van der Waals surface area (Å²) in [5, 5.41) is 11.1. The third-order valence-electron chi connectivity index (χ3n) is 2.44. The summed E-state index contributed by atoms with van der Waals surface area (Å²) in [6.07, 6.45) is 0. The topological polar surface area (TPSA) is 29.5 Å². The maximum Gasteiger partial charge on any atom is 0.165 e. The van der Waals surface area contributed by atoms with Gasteiger partial charge in [0.25, 0.3) is 0 Å². The first-order valence-corrected chi connectivity index (χ1v) is 5.70. The number of aromatic hydroxyl groups is 1. The fourth-order valence-electron chi connectivity index (χ4n) is 1.61. The van der Waals surface area contributed by atoms with Gasteiger partial charge in [-0.05, 0) is 24.3 Å². The number of hydrogen-bond donors (Lipinski definition) is 1. The van der Waals surface area contributed by atoms with Crippen LogP contribution in [-0.2, 0) is 0 Å². The Morgan fingerprint density at radius 1 is 1.06 bits per heavy atom. The molecular formula is C13H10Cl2O2. The van der Waals surface area contributed by atoms with Gasteiger partial charge in [0, 0.05) is 21.2 Å². The first-order valence-electron chi connectivity index (χ1n) is 4.95. The van der Waals surface area contributed by atoms with Gasteiger partial charge in [-0.2, -0.15) is 0 Å². The molecular weight excluding hydrogens is 259 g/mol. The van der Waals surface area contributed by atoms with Crippen LogP contribution in [0, 0.1) is 0 Å². The zero-order valence-electron chi connectivity index (χ0n) is 9.08. The molecule has 0 amide bonds. The number of para-hydroxylation sites is 1. The van der Waals surface area contributed by atoms with Crippen LogP contribution in [-0.4, -0.2) is 12.2 Å². The van der Waals surface area contributed by atoms with E-state index in [-0.39, 0.29) is 5.75 Å². The molecule has 0 radical (unpaired) electrons. The molecule has 0 aliphatic heterocycles. The Morgan fingerprint density at radius 2 is 1.82 bits per heavy atom. The third kappa shape index (κ3) is 2.33. The predicted molar refractivity (Wildman–Crippen MR) is 70.1 cm³/mol. The van der Waals surface area contributed by atoms with Crippen LogP contribution in [0.3, 0.4) is 0 Å². The van der Waals surface area contributed by atoms with Gasteiger partial charge in [0.1, 0.15) is 0 Å². The van der Waals surface area contributed by atoms with Crippen molar-refractivity contribution in [2.24, 2.45) is 0 Å². The van der Waals surface area contributed by atoms with Gasteiger partial charge < -0.3 is 9.84 Å². The molecule has 0 aliphatic carbocycles. The molecule has 2 rings (SSSR count). The molecule has 2 aromatic rings. The van der Waals surface area contributed by atoms with Crippen molar-refractivity contribution in [2.45, 2.75) is 0 Å². The lowest BCUT2D eigenvalue weighted by molar-refractivity contribution is 0.374. The molecule has 0 saturated heterocycles. The quantitative estimate of drug-likeness (QED) is 0.876. The van der Waals surface area contributed by atoms with Crippen LogP contribution < -0.4 is 4.74 Å². The standard InChI is InChI=1S/C13H10Cl2O2/c1-17-12-4-2-3-9(13(12)16)10-7-8(14)5-6-11(10)15/h2-7,16H,1H3. The summed E-state index contributed by atoms with van der Waals surface area (Å²) in [7, 11) is 1.50. The number of phenolic OH excluding ortho intramolecular Hbond substituents is 1. The molecule has 2 aromatic carbocycles. The van der Waals surface area contributed by atoms with Gasteiger partial charge >= 0.3 is 0 Å². The summed E-state index contributed by atoms with van der Waals surface area (Å²) < 4.78 is 5.05. The fraction of sp³-hybridized carbons (Fsp3) is 0.0769. The Morgan fingerprint density at radius 3 is 2.53 bits per heavy atom. The molecule has 0 atom stereocenters. The molecule has 0 spiro atoms. The van der Waals surface area contributed by atoms with Crippen LogP contribution in [0.25, 0.3) is 11.1 Å². The molecule has 0 aromatic heterocycles. The van der Waals surface area contributed by atoms with E-state index in [0.717, 1.165) is 0 Å². The number of rotatable bonds is 2. The van der Waals surface area contributed by atoms with Gasteiger partial charge in [-0.1, -0.05) is 35.3 Å². The second-order valence-corrected chi connectivity index (χ2v) is 4.32. The molecule has 4 heteroatoms. The minimum Gasteiger partial charge on any atom is -0.504 e. The summed E-state index contributed by atoms with van der Waals surface area (Å²) in [5.41, 5.74) is 1.27. The Labute approximate surface area is 109 Å². The van der Waals surface area contributed by atoms with E-state index in [1.165, 1.54) is 7.11 Å². The minimum absolute atomic E-state index is 0.0548. The largest absolute Gasteiger partial charge is 0.504 e. The summed E-state index contributed by atoms with van der Waals surface area (Å²) >= 11 is 12.0. The minimum atomic E-state index is 0.0548. The van der Waals surface area contributed by atoms with Crippen LogP contribution in [0.1, 0.15) is 0 Å². The molecule has 1 N–H and O–H groups in total. The summed E-state index contributed by atoms with van der Waals surface area (Å²) in [6, 6.07) is 10.3. The third-order valence-corrected chi connectivity index (χ3v) is 3.00. The molecule has 17 heavy (non-hydrogen) atoms. The van der Waals surface area contributed by atoms with E-state index in [0.29, 0.717) is 26.9 Å². The molecule has 0 saturated carbocycles. The second kappa shape index (κ2) is 4.86. The number of benzene rings is 2. The number of methoxy groups -OCH3 is 1. The van der Waals surface area contributed by atoms with Crippen LogP contribution in [0.4, 0.5) is 0 Å². The van der Waals surface area contributed by atoms with Crippen molar-refractivity contribution in [2.75, 3.05) is 7.11 Å². The number of ether oxygens (including phenoxy) is 1. The molecule has 0 aliphatic rings. The maximum absolute atomic E-state index is 10.0. The second-order valence-electron chi connectivity index (χ2n) is 3.48. The predicted octanol–water partition coefficient (Wildman–Crippen LogP) is 4.37. The molecule has 0 fully saturated rings. The molecule has 88 valence electrons. The van der Waals surface area contributed by atoms with E-state index < -0.39 is 0 Å². The van der Waals surface area contributed by atoms with Crippen molar-refractivity contribution in [1.29, 1.82) is 0 Å². The van der Waals surface area contributed by atoms with E-state index in [4.69, 9.17) is 27.9 Å². The zero-order chi connectivity index (χ0) is 12.4. The lowest BCUT2D eigenvalue weighted by atomic mass is 10.0. The lowest BCUT2D eigenvalue weighted by Gasteiger charge is -2.10. The van der Waals surface area contributed by atoms with Gasteiger partial charge in [0.15, 0.2) is 11.5 Å².